The van der Waals surface area contributed by atoms with Gasteiger partial charge in [0.1, 0.15) is 5.82 Å². The van der Waals surface area contributed by atoms with Crippen LogP contribution in [0.3, 0.4) is 0 Å². The predicted octanol–water partition coefficient (Wildman–Crippen LogP) is 4.34. The van der Waals surface area contributed by atoms with E-state index in [0.717, 1.165) is 56.5 Å². The molecule has 0 amide bonds. The topological polar surface area (TPSA) is 61.4 Å². The molecule has 0 radical (unpaired) electrons. The molecular weight excluding hydrogens is 406 g/mol. The highest BCUT2D eigenvalue weighted by Crippen LogP contribution is 2.37. The highest BCUT2D eigenvalue weighted by Gasteiger charge is 2.32. The maximum Gasteiger partial charge on any atom is 0.227 e. The smallest absolute Gasteiger partial charge is 0.227 e. The highest BCUT2D eigenvalue weighted by molar-refractivity contribution is 7.10. The van der Waals surface area contributed by atoms with Crippen LogP contribution in [0, 0.1) is 0 Å². The number of hydrogen-bond donors (Lipinski definition) is 1. The number of ketones is 1. The normalized spacial score (nSPS) is 19.3. The van der Waals surface area contributed by atoms with Crippen LogP contribution in [0.15, 0.2) is 47.8 Å². The van der Waals surface area contributed by atoms with Gasteiger partial charge in [-0.1, -0.05) is 31.2 Å². The summed E-state index contributed by atoms with van der Waals surface area (Å²) in [4.78, 5) is 29.0. The van der Waals surface area contributed by atoms with Crippen LogP contribution < -0.4 is 10.2 Å². The Balaban J connectivity index is 1.52. The lowest BCUT2D eigenvalue weighted by Crippen LogP contribution is -2.47. The predicted molar refractivity (Wildman–Crippen MR) is 126 cm³/mol. The Hall–Kier alpha value is -2.77. The largest absolute Gasteiger partial charge is 0.339 e. The van der Waals surface area contributed by atoms with E-state index in [4.69, 9.17) is 9.97 Å². The summed E-state index contributed by atoms with van der Waals surface area (Å²) < 4.78 is 0. The number of carbonyl (C=O) groups is 1. The van der Waals surface area contributed by atoms with E-state index in [1.165, 1.54) is 4.88 Å². The number of benzene rings is 1. The van der Waals surface area contributed by atoms with Crippen molar-refractivity contribution in [2.45, 2.75) is 25.7 Å². The first-order chi connectivity index (χ1) is 15.2. The first-order valence-corrected chi connectivity index (χ1v) is 11.9. The average molecular weight is 434 g/mol. The minimum Gasteiger partial charge on any atom is -0.339 e. The molecule has 1 aliphatic heterocycles. The first-order valence-electron chi connectivity index (χ1n) is 11.0. The molecule has 1 saturated heterocycles. The van der Waals surface area contributed by atoms with Gasteiger partial charge in [0.05, 0.1) is 11.3 Å². The van der Waals surface area contributed by atoms with Crippen LogP contribution in [0.4, 0.5) is 17.5 Å². The Kier molecular flexibility index (Phi) is 5.70. The quantitative estimate of drug-likeness (QED) is 0.646. The van der Waals surface area contributed by atoms with Crippen molar-refractivity contribution >= 4 is 34.6 Å². The van der Waals surface area contributed by atoms with Crippen molar-refractivity contribution < 1.29 is 4.79 Å². The molecule has 2 aromatic heterocycles. The fraction of sp³-hybridized carbons (Fsp3) is 0.375. The van der Waals surface area contributed by atoms with Crippen molar-refractivity contribution in [3.05, 3.63) is 64.0 Å². The second-order valence-corrected chi connectivity index (χ2v) is 9.13. The summed E-state index contributed by atoms with van der Waals surface area (Å²) in [6.07, 6.45) is 1.28. The molecule has 5 rings (SSSR count). The van der Waals surface area contributed by atoms with Crippen molar-refractivity contribution in [3.63, 3.8) is 0 Å². The maximum absolute atomic E-state index is 13.2. The zero-order valence-corrected chi connectivity index (χ0v) is 18.6. The minimum absolute atomic E-state index is 0.125. The minimum atomic E-state index is 0.125. The van der Waals surface area contributed by atoms with Gasteiger partial charge in [-0.2, -0.15) is 4.98 Å². The molecule has 1 fully saturated rings. The zero-order valence-electron chi connectivity index (χ0n) is 17.8. The van der Waals surface area contributed by atoms with Crippen LogP contribution in [0.5, 0.6) is 0 Å². The summed E-state index contributed by atoms with van der Waals surface area (Å²) in [6, 6.07) is 14.1. The Morgan fingerprint density at radius 3 is 2.55 bits per heavy atom. The Morgan fingerprint density at radius 1 is 1.03 bits per heavy atom. The molecule has 0 bridgehead atoms. The van der Waals surface area contributed by atoms with Crippen LogP contribution in [-0.4, -0.2) is 53.4 Å². The Morgan fingerprint density at radius 2 is 1.84 bits per heavy atom. The molecule has 0 spiro atoms. The average Bonchev–Trinajstić information content (AvgIpc) is 3.34. The van der Waals surface area contributed by atoms with Gasteiger partial charge in [0.25, 0.3) is 0 Å². The number of likely N-dealkylation sites (N-methyl/N-ethyl adjacent to an activating group) is 1. The molecule has 160 valence electrons. The van der Waals surface area contributed by atoms with E-state index in [9.17, 15) is 4.79 Å². The molecular formula is C24H27N5OS. The lowest BCUT2D eigenvalue weighted by atomic mass is 9.85. The van der Waals surface area contributed by atoms with Gasteiger partial charge < -0.3 is 15.1 Å². The van der Waals surface area contributed by atoms with Crippen LogP contribution in [0.1, 0.15) is 40.2 Å². The number of carbonyl (C=O) groups excluding carboxylic acids is 1. The summed E-state index contributed by atoms with van der Waals surface area (Å²) in [5, 5.41) is 5.48. The van der Waals surface area contributed by atoms with Crippen molar-refractivity contribution in [2.75, 3.05) is 42.9 Å². The van der Waals surface area contributed by atoms with Crippen LogP contribution in [-0.2, 0) is 6.42 Å². The van der Waals surface area contributed by atoms with E-state index in [1.807, 2.05) is 30.3 Å². The van der Waals surface area contributed by atoms with Crippen LogP contribution in [0.2, 0.25) is 0 Å². The van der Waals surface area contributed by atoms with E-state index >= 15 is 0 Å². The summed E-state index contributed by atoms with van der Waals surface area (Å²) in [5.74, 6) is 1.69. The van der Waals surface area contributed by atoms with Gasteiger partial charge in [-0.05, 0) is 36.5 Å². The number of nitrogens with one attached hydrogen (secondary N) is 1. The standard InChI is InChI=1S/C24H27N5OS/c1-2-28-10-12-29(13-11-28)24-26-19-15-17(21-9-6-14-31-21)16-20(30)22(19)23(27-24)25-18-7-4-3-5-8-18/h3-9,14,17H,2,10-13,15-16H2,1H3,(H,25,26,27). The molecule has 3 heterocycles. The number of fused-ring (bicyclic) bond motifs is 1. The molecule has 1 unspecified atom stereocenters. The van der Waals surface area contributed by atoms with Gasteiger partial charge in [-0.3, -0.25) is 4.79 Å². The number of piperazine rings is 1. The number of Topliss-reactive ketones (excluding diaryl/α,β-unsaturated/α-hetero) is 1. The third kappa shape index (κ3) is 4.20. The molecule has 31 heavy (non-hydrogen) atoms. The number of hydrogen-bond acceptors (Lipinski definition) is 7. The third-order valence-electron chi connectivity index (χ3n) is 6.21. The van der Waals surface area contributed by atoms with Gasteiger partial charge in [0, 0.05) is 49.1 Å². The van der Waals surface area contributed by atoms with E-state index in [1.54, 1.807) is 11.3 Å². The van der Waals surface area contributed by atoms with Gasteiger partial charge in [-0.15, -0.1) is 11.3 Å². The monoisotopic (exact) mass is 433 g/mol. The van der Waals surface area contributed by atoms with Crippen molar-refractivity contribution in [1.82, 2.24) is 14.9 Å². The summed E-state index contributed by atoms with van der Waals surface area (Å²) >= 11 is 1.72. The number of para-hydroxylation sites is 1. The summed E-state index contributed by atoms with van der Waals surface area (Å²) in [5.41, 5.74) is 2.46. The van der Waals surface area contributed by atoms with Crippen molar-refractivity contribution in [1.29, 1.82) is 0 Å². The second kappa shape index (κ2) is 8.77. The third-order valence-corrected chi connectivity index (χ3v) is 7.24. The maximum atomic E-state index is 13.2. The molecule has 3 aromatic rings. The summed E-state index contributed by atoms with van der Waals surface area (Å²) in [6.45, 7) is 7.09. The van der Waals surface area contributed by atoms with E-state index < -0.39 is 0 Å². The number of rotatable bonds is 5. The Bertz CT molecular complexity index is 1050. The van der Waals surface area contributed by atoms with Gasteiger partial charge >= 0.3 is 0 Å². The van der Waals surface area contributed by atoms with E-state index in [2.05, 4.69) is 39.6 Å². The highest BCUT2D eigenvalue weighted by atomic mass is 32.1. The molecule has 1 aromatic carbocycles. The molecule has 2 aliphatic rings. The SMILES string of the molecule is CCN1CCN(c2nc3c(c(Nc4ccccc4)n2)C(=O)CC(c2cccs2)C3)CC1. The van der Waals surface area contributed by atoms with Gasteiger partial charge in [0.15, 0.2) is 5.78 Å². The lowest BCUT2D eigenvalue weighted by molar-refractivity contribution is 0.0964. The zero-order chi connectivity index (χ0) is 21.2. The van der Waals surface area contributed by atoms with E-state index in [-0.39, 0.29) is 11.7 Å². The van der Waals surface area contributed by atoms with Gasteiger partial charge in [0.2, 0.25) is 5.95 Å². The van der Waals surface area contributed by atoms with Crippen LogP contribution in [0.25, 0.3) is 0 Å². The fourth-order valence-corrected chi connectivity index (χ4v) is 5.28. The van der Waals surface area contributed by atoms with Crippen molar-refractivity contribution in [3.8, 4) is 0 Å². The fourth-order valence-electron chi connectivity index (χ4n) is 4.45. The molecule has 0 saturated carbocycles. The molecule has 1 N–H and O–H groups in total. The van der Waals surface area contributed by atoms with Crippen molar-refractivity contribution in [2.24, 2.45) is 0 Å². The summed E-state index contributed by atoms with van der Waals surface area (Å²) in [7, 11) is 0. The molecule has 6 nitrogen and oxygen atoms in total. The molecule has 1 aliphatic carbocycles. The number of aromatic nitrogens is 2. The molecule has 1 atom stereocenters. The van der Waals surface area contributed by atoms with E-state index in [0.29, 0.717) is 17.8 Å². The van der Waals surface area contributed by atoms with Crippen LogP contribution >= 0.6 is 11.3 Å². The molecule has 7 heteroatoms. The first kappa shape index (κ1) is 20.2. The number of anilines is 3. The second-order valence-electron chi connectivity index (χ2n) is 8.15. The Labute approximate surface area is 186 Å². The number of nitrogens with zero attached hydrogens (tertiary/aromatic N) is 4. The van der Waals surface area contributed by atoms with Gasteiger partial charge in [-0.25, -0.2) is 4.98 Å². The lowest BCUT2D eigenvalue weighted by Gasteiger charge is -2.35. The number of thiophene rings is 1.